The van der Waals surface area contributed by atoms with Crippen LogP contribution < -0.4 is 5.32 Å². The number of benzene rings is 1. The minimum Gasteiger partial charge on any atom is -0.384 e. The Morgan fingerprint density at radius 1 is 1.50 bits per heavy atom. The van der Waals surface area contributed by atoms with Gasteiger partial charge in [-0.1, -0.05) is 19.1 Å². The summed E-state index contributed by atoms with van der Waals surface area (Å²) in [5, 5.41) is 2.86. The third kappa shape index (κ3) is 3.87. The second kappa shape index (κ2) is 6.55. The van der Waals surface area contributed by atoms with E-state index in [0.29, 0.717) is 29.5 Å². The summed E-state index contributed by atoms with van der Waals surface area (Å²) in [5.41, 5.74) is 0.607. The summed E-state index contributed by atoms with van der Waals surface area (Å²) in [7, 11) is 1.65. The SMILES string of the molecule is COCC(C)CNC(=O)c1ccccc1S. The van der Waals surface area contributed by atoms with Crippen molar-refractivity contribution in [2.45, 2.75) is 11.8 Å². The Morgan fingerprint density at radius 3 is 2.81 bits per heavy atom. The van der Waals surface area contributed by atoms with E-state index < -0.39 is 0 Å². The summed E-state index contributed by atoms with van der Waals surface area (Å²) in [4.78, 5) is 12.5. The molecule has 0 radical (unpaired) electrons. The van der Waals surface area contributed by atoms with Crippen molar-refractivity contribution in [3.63, 3.8) is 0 Å². The number of methoxy groups -OCH3 is 1. The number of carbonyl (C=O) groups excluding carboxylic acids is 1. The van der Waals surface area contributed by atoms with Crippen LogP contribution in [0.1, 0.15) is 17.3 Å². The van der Waals surface area contributed by atoms with Crippen LogP contribution in [-0.4, -0.2) is 26.2 Å². The lowest BCUT2D eigenvalue weighted by atomic mass is 10.1. The van der Waals surface area contributed by atoms with Crippen LogP contribution in [-0.2, 0) is 4.74 Å². The molecular weight excluding hydrogens is 222 g/mol. The second-order valence-corrected chi connectivity index (χ2v) is 4.27. The van der Waals surface area contributed by atoms with Crippen molar-refractivity contribution in [2.75, 3.05) is 20.3 Å². The summed E-state index contributed by atoms with van der Waals surface area (Å²) >= 11 is 4.24. The number of hydrogen-bond acceptors (Lipinski definition) is 3. The molecule has 0 fully saturated rings. The zero-order chi connectivity index (χ0) is 12.0. The van der Waals surface area contributed by atoms with E-state index in [4.69, 9.17) is 4.74 Å². The Morgan fingerprint density at radius 2 is 2.19 bits per heavy atom. The van der Waals surface area contributed by atoms with Crippen LogP contribution in [0.3, 0.4) is 0 Å². The van der Waals surface area contributed by atoms with Crippen molar-refractivity contribution in [3.05, 3.63) is 29.8 Å². The fourth-order valence-corrected chi connectivity index (χ4v) is 1.63. The molecule has 4 heteroatoms. The van der Waals surface area contributed by atoms with Gasteiger partial charge in [-0.25, -0.2) is 0 Å². The van der Waals surface area contributed by atoms with Gasteiger partial charge in [-0.15, -0.1) is 12.6 Å². The molecule has 1 rings (SSSR count). The van der Waals surface area contributed by atoms with Gasteiger partial charge in [0.15, 0.2) is 0 Å². The van der Waals surface area contributed by atoms with Crippen molar-refractivity contribution in [3.8, 4) is 0 Å². The molecule has 0 aliphatic heterocycles. The average Bonchev–Trinajstić information content (AvgIpc) is 2.27. The third-order valence-corrected chi connectivity index (χ3v) is 2.60. The first kappa shape index (κ1) is 13.1. The Kier molecular flexibility index (Phi) is 5.35. The Hall–Kier alpha value is -1.00. The predicted octanol–water partition coefficient (Wildman–Crippen LogP) is 1.99. The first-order chi connectivity index (χ1) is 7.65. The summed E-state index contributed by atoms with van der Waals surface area (Å²) in [6, 6.07) is 7.25. The highest BCUT2D eigenvalue weighted by atomic mass is 32.1. The van der Waals surface area contributed by atoms with Crippen molar-refractivity contribution in [2.24, 2.45) is 5.92 Å². The van der Waals surface area contributed by atoms with Crippen LogP contribution in [0.4, 0.5) is 0 Å². The molecule has 0 heterocycles. The summed E-state index contributed by atoms with van der Waals surface area (Å²) < 4.78 is 5.00. The fourth-order valence-electron chi connectivity index (χ4n) is 1.37. The van der Waals surface area contributed by atoms with E-state index >= 15 is 0 Å². The van der Waals surface area contributed by atoms with Crippen LogP contribution in [0.5, 0.6) is 0 Å². The van der Waals surface area contributed by atoms with Crippen molar-refractivity contribution >= 4 is 18.5 Å². The van der Waals surface area contributed by atoms with Gasteiger partial charge < -0.3 is 10.1 Å². The van der Waals surface area contributed by atoms with Gasteiger partial charge in [-0.2, -0.15) is 0 Å². The maximum atomic E-state index is 11.8. The summed E-state index contributed by atoms with van der Waals surface area (Å²) in [6.45, 7) is 3.27. The van der Waals surface area contributed by atoms with E-state index in [1.165, 1.54) is 0 Å². The molecule has 88 valence electrons. The molecule has 0 saturated carbocycles. The van der Waals surface area contributed by atoms with Gasteiger partial charge in [0.1, 0.15) is 0 Å². The Balaban J connectivity index is 2.50. The highest BCUT2D eigenvalue weighted by molar-refractivity contribution is 7.80. The maximum Gasteiger partial charge on any atom is 0.252 e. The molecule has 3 nitrogen and oxygen atoms in total. The Bertz CT molecular complexity index is 355. The molecule has 1 N–H and O–H groups in total. The van der Waals surface area contributed by atoms with E-state index in [-0.39, 0.29) is 5.91 Å². The highest BCUT2D eigenvalue weighted by Crippen LogP contribution is 2.12. The lowest BCUT2D eigenvalue weighted by molar-refractivity contribution is 0.0931. The van der Waals surface area contributed by atoms with Gasteiger partial charge in [-0.3, -0.25) is 4.79 Å². The van der Waals surface area contributed by atoms with E-state index in [9.17, 15) is 4.79 Å². The molecule has 0 aliphatic carbocycles. The molecule has 0 saturated heterocycles. The lowest BCUT2D eigenvalue weighted by Crippen LogP contribution is -2.30. The van der Waals surface area contributed by atoms with Crippen LogP contribution >= 0.6 is 12.6 Å². The Labute approximate surface area is 102 Å². The minimum absolute atomic E-state index is 0.0893. The molecular formula is C12H17NO2S. The molecule has 1 atom stereocenters. The quantitative estimate of drug-likeness (QED) is 0.771. The van der Waals surface area contributed by atoms with E-state index in [2.05, 4.69) is 17.9 Å². The van der Waals surface area contributed by atoms with E-state index in [0.717, 1.165) is 0 Å². The average molecular weight is 239 g/mol. The molecule has 1 unspecified atom stereocenters. The monoisotopic (exact) mass is 239 g/mol. The van der Waals surface area contributed by atoms with Gasteiger partial charge in [0.2, 0.25) is 0 Å². The normalized spacial score (nSPS) is 12.2. The molecule has 16 heavy (non-hydrogen) atoms. The zero-order valence-electron chi connectivity index (χ0n) is 9.56. The molecule has 1 amide bonds. The van der Waals surface area contributed by atoms with Crippen LogP contribution in [0, 0.1) is 5.92 Å². The first-order valence-electron chi connectivity index (χ1n) is 5.20. The van der Waals surface area contributed by atoms with E-state index in [1.807, 2.05) is 19.1 Å². The number of ether oxygens (including phenoxy) is 1. The van der Waals surface area contributed by atoms with Crippen molar-refractivity contribution in [1.29, 1.82) is 0 Å². The van der Waals surface area contributed by atoms with Gasteiger partial charge >= 0.3 is 0 Å². The highest BCUT2D eigenvalue weighted by Gasteiger charge is 2.09. The smallest absolute Gasteiger partial charge is 0.252 e. The number of thiol groups is 1. The van der Waals surface area contributed by atoms with Crippen molar-refractivity contribution < 1.29 is 9.53 Å². The third-order valence-electron chi connectivity index (χ3n) is 2.21. The summed E-state index contributed by atoms with van der Waals surface area (Å²) in [5.74, 6) is 0.217. The minimum atomic E-state index is -0.0893. The molecule has 1 aromatic rings. The number of nitrogens with one attached hydrogen (secondary N) is 1. The molecule has 0 bridgehead atoms. The standard InChI is InChI=1S/C12H17NO2S/c1-9(8-15-2)7-13-12(14)10-5-3-4-6-11(10)16/h3-6,9,16H,7-8H2,1-2H3,(H,13,14). The molecule has 0 aliphatic rings. The van der Waals surface area contributed by atoms with Gasteiger partial charge in [0, 0.05) is 18.6 Å². The topological polar surface area (TPSA) is 38.3 Å². The first-order valence-corrected chi connectivity index (χ1v) is 5.65. The number of amides is 1. The van der Waals surface area contributed by atoms with E-state index in [1.54, 1.807) is 19.2 Å². The van der Waals surface area contributed by atoms with Crippen LogP contribution in [0.25, 0.3) is 0 Å². The zero-order valence-corrected chi connectivity index (χ0v) is 10.5. The largest absolute Gasteiger partial charge is 0.384 e. The van der Waals surface area contributed by atoms with Gasteiger partial charge in [0.25, 0.3) is 5.91 Å². The molecule has 0 aromatic heterocycles. The molecule has 1 aromatic carbocycles. The lowest BCUT2D eigenvalue weighted by Gasteiger charge is -2.12. The number of rotatable bonds is 5. The maximum absolute atomic E-state index is 11.8. The number of carbonyl (C=O) groups is 1. The van der Waals surface area contributed by atoms with Crippen LogP contribution in [0.15, 0.2) is 29.2 Å². The predicted molar refractivity (Wildman–Crippen MR) is 67.1 cm³/mol. The van der Waals surface area contributed by atoms with Gasteiger partial charge in [-0.05, 0) is 18.1 Å². The summed E-state index contributed by atoms with van der Waals surface area (Å²) in [6.07, 6.45) is 0. The molecule has 0 spiro atoms. The van der Waals surface area contributed by atoms with Crippen molar-refractivity contribution in [1.82, 2.24) is 5.32 Å². The van der Waals surface area contributed by atoms with Gasteiger partial charge in [0.05, 0.1) is 12.2 Å². The second-order valence-electron chi connectivity index (χ2n) is 3.79. The number of hydrogen-bond donors (Lipinski definition) is 2. The fraction of sp³-hybridized carbons (Fsp3) is 0.417. The van der Waals surface area contributed by atoms with Crippen LogP contribution in [0.2, 0.25) is 0 Å².